The van der Waals surface area contributed by atoms with Crippen LogP contribution in [0.1, 0.15) is 32.6 Å². The molecule has 2 aliphatic rings. The minimum absolute atomic E-state index is 0.0522. The monoisotopic (exact) mass is 241 g/mol. The third-order valence-corrected chi connectivity index (χ3v) is 3.61. The van der Waals surface area contributed by atoms with E-state index in [2.05, 4.69) is 5.32 Å². The summed E-state index contributed by atoms with van der Waals surface area (Å²) in [6.07, 6.45) is 3.23. The van der Waals surface area contributed by atoms with Gasteiger partial charge >= 0.3 is 5.97 Å². The topological polar surface area (TPSA) is 75.6 Å². The number of amides is 1. The molecule has 0 bridgehead atoms. The molecule has 1 aliphatic heterocycles. The number of rotatable bonds is 5. The summed E-state index contributed by atoms with van der Waals surface area (Å²) >= 11 is 0. The van der Waals surface area contributed by atoms with E-state index < -0.39 is 12.0 Å². The quantitative estimate of drug-likeness (QED) is 0.746. The zero-order valence-corrected chi connectivity index (χ0v) is 10.0. The van der Waals surface area contributed by atoms with Crippen LogP contribution in [-0.2, 0) is 14.3 Å². The molecule has 0 spiro atoms. The molecule has 1 amide bonds. The highest BCUT2D eigenvalue weighted by molar-refractivity contribution is 5.85. The van der Waals surface area contributed by atoms with Gasteiger partial charge in [-0.15, -0.1) is 0 Å². The molecular formula is C12H19NO4. The maximum atomic E-state index is 12.0. The van der Waals surface area contributed by atoms with Gasteiger partial charge in [0.15, 0.2) is 0 Å². The number of aliphatic carboxylic acids is 1. The maximum Gasteiger partial charge on any atom is 0.326 e. The average Bonchev–Trinajstić information content (AvgIpc) is 3.01. The fraction of sp³-hybridized carbons (Fsp3) is 0.833. The van der Waals surface area contributed by atoms with Crippen LogP contribution in [0, 0.1) is 11.8 Å². The van der Waals surface area contributed by atoms with Crippen molar-refractivity contribution >= 4 is 11.9 Å². The van der Waals surface area contributed by atoms with Gasteiger partial charge in [-0.2, -0.15) is 0 Å². The number of nitrogens with one attached hydrogen (secondary N) is 1. The lowest BCUT2D eigenvalue weighted by Crippen LogP contribution is -2.46. The largest absolute Gasteiger partial charge is 0.480 e. The number of carbonyl (C=O) groups is 2. The highest BCUT2D eigenvalue weighted by Crippen LogP contribution is 2.33. The molecule has 0 aromatic carbocycles. The van der Waals surface area contributed by atoms with Crippen LogP contribution in [-0.4, -0.2) is 35.7 Å². The summed E-state index contributed by atoms with van der Waals surface area (Å²) in [5.41, 5.74) is 0. The van der Waals surface area contributed by atoms with Crippen LogP contribution in [0.3, 0.4) is 0 Å². The molecule has 2 fully saturated rings. The van der Waals surface area contributed by atoms with Gasteiger partial charge in [0.1, 0.15) is 6.04 Å². The molecule has 2 rings (SSSR count). The smallest absolute Gasteiger partial charge is 0.326 e. The zero-order chi connectivity index (χ0) is 12.4. The van der Waals surface area contributed by atoms with Crippen LogP contribution in [0.2, 0.25) is 0 Å². The van der Waals surface area contributed by atoms with E-state index in [4.69, 9.17) is 9.84 Å². The van der Waals surface area contributed by atoms with Crippen LogP contribution in [0.5, 0.6) is 0 Å². The lowest BCUT2D eigenvalue weighted by Gasteiger charge is -2.20. The molecule has 0 aromatic heterocycles. The Morgan fingerprint density at radius 1 is 1.41 bits per heavy atom. The fourth-order valence-electron chi connectivity index (χ4n) is 2.42. The summed E-state index contributed by atoms with van der Waals surface area (Å²) in [6.45, 7) is 2.57. The Balaban J connectivity index is 1.92. The molecule has 17 heavy (non-hydrogen) atoms. The second-order valence-corrected chi connectivity index (χ2v) is 4.87. The summed E-state index contributed by atoms with van der Waals surface area (Å²) < 4.78 is 5.45. The number of hydrogen-bond donors (Lipinski definition) is 2. The average molecular weight is 241 g/mol. The molecule has 1 saturated heterocycles. The third-order valence-electron chi connectivity index (χ3n) is 3.61. The minimum Gasteiger partial charge on any atom is -0.480 e. The van der Waals surface area contributed by atoms with Crippen molar-refractivity contribution in [3.05, 3.63) is 0 Å². The van der Waals surface area contributed by atoms with E-state index in [1.807, 2.05) is 6.92 Å². The lowest BCUT2D eigenvalue weighted by atomic mass is 9.98. The molecule has 96 valence electrons. The second kappa shape index (κ2) is 5.04. The number of carboxylic acid groups (broad SMARTS) is 1. The van der Waals surface area contributed by atoms with Crippen molar-refractivity contribution in [1.29, 1.82) is 0 Å². The molecule has 0 radical (unpaired) electrons. The normalized spacial score (nSPS) is 29.9. The van der Waals surface area contributed by atoms with E-state index in [9.17, 15) is 9.59 Å². The van der Waals surface area contributed by atoms with Gasteiger partial charge in [0.25, 0.3) is 0 Å². The predicted octanol–water partition coefficient (Wildman–Crippen LogP) is 0.781. The van der Waals surface area contributed by atoms with Crippen molar-refractivity contribution < 1.29 is 19.4 Å². The Morgan fingerprint density at radius 2 is 2.12 bits per heavy atom. The SMILES string of the molecule is CCC1OCCC1C(=O)NC(C(=O)O)C1CC1. The Kier molecular flexibility index (Phi) is 3.66. The zero-order valence-electron chi connectivity index (χ0n) is 10.0. The summed E-state index contributed by atoms with van der Waals surface area (Å²) in [5.74, 6) is -1.14. The van der Waals surface area contributed by atoms with Crippen LogP contribution in [0.15, 0.2) is 0 Å². The summed E-state index contributed by atoms with van der Waals surface area (Å²) in [4.78, 5) is 23.0. The van der Waals surface area contributed by atoms with Gasteiger partial charge in [-0.25, -0.2) is 4.79 Å². The molecule has 1 saturated carbocycles. The first-order valence-electron chi connectivity index (χ1n) is 6.28. The first kappa shape index (κ1) is 12.4. The van der Waals surface area contributed by atoms with Crippen molar-refractivity contribution in [2.75, 3.05) is 6.61 Å². The van der Waals surface area contributed by atoms with Gasteiger partial charge in [0.05, 0.1) is 12.0 Å². The number of carbonyl (C=O) groups excluding carboxylic acids is 1. The molecular weight excluding hydrogens is 222 g/mol. The molecule has 2 N–H and O–H groups in total. The van der Waals surface area contributed by atoms with Gasteiger partial charge in [-0.3, -0.25) is 4.79 Å². The second-order valence-electron chi connectivity index (χ2n) is 4.87. The third kappa shape index (κ3) is 2.77. The van der Waals surface area contributed by atoms with E-state index in [1.54, 1.807) is 0 Å². The van der Waals surface area contributed by atoms with Gasteiger partial charge in [-0.05, 0) is 31.6 Å². The standard InChI is InChI=1S/C12H19NO4/c1-2-9-8(5-6-17-9)11(14)13-10(12(15)16)7-3-4-7/h7-10H,2-6H2,1H3,(H,13,14)(H,15,16). The fourth-order valence-corrected chi connectivity index (χ4v) is 2.42. The van der Waals surface area contributed by atoms with Crippen LogP contribution < -0.4 is 5.32 Å². The van der Waals surface area contributed by atoms with Crippen LogP contribution >= 0.6 is 0 Å². The summed E-state index contributed by atoms with van der Waals surface area (Å²) in [7, 11) is 0. The Labute approximate surface area is 101 Å². The molecule has 5 heteroatoms. The summed E-state index contributed by atoms with van der Waals surface area (Å²) in [6, 6.07) is -0.708. The van der Waals surface area contributed by atoms with Gasteiger partial charge < -0.3 is 15.2 Å². The van der Waals surface area contributed by atoms with Crippen LogP contribution in [0.4, 0.5) is 0 Å². The van der Waals surface area contributed by atoms with E-state index >= 15 is 0 Å². The first-order valence-corrected chi connectivity index (χ1v) is 6.28. The Hall–Kier alpha value is -1.10. The van der Waals surface area contributed by atoms with Crippen molar-refractivity contribution in [1.82, 2.24) is 5.32 Å². The van der Waals surface area contributed by atoms with Gasteiger partial charge in [-0.1, -0.05) is 6.92 Å². The highest BCUT2D eigenvalue weighted by Gasteiger charge is 2.40. The molecule has 3 atom stereocenters. The number of hydrogen-bond acceptors (Lipinski definition) is 3. The van der Waals surface area contributed by atoms with Crippen molar-refractivity contribution in [2.45, 2.75) is 44.8 Å². The lowest BCUT2D eigenvalue weighted by molar-refractivity contribution is -0.143. The molecule has 0 aromatic rings. The van der Waals surface area contributed by atoms with Crippen molar-refractivity contribution in [3.63, 3.8) is 0 Å². The van der Waals surface area contributed by atoms with E-state index in [0.29, 0.717) is 13.0 Å². The maximum absolute atomic E-state index is 12.0. The van der Waals surface area contributed by atoms with Gasteiger partial charge in [0, 0.05) is 6.61 Å². The molecule has 5 nitrogen and oxygen atoms in total. The van der Waals surface area contributed by atoms with E-state index in [-0.39, 0.29) is 23.8 Å². The molecule has 3 unspecified atom stereocenters. The Bertz CT molecular complexity index is 314. The highest BCUT2D eigenvalue weighted by atomic mass is 16.5. The number of carboxylic acids is 1. The minimum atomic E-state index is -0.923. The Morgan fingerprint density at radius 3 is 2.65 bits per heavy atom. The molecule has 1 aliphatic carbocycles. The van der Waals surface area contributed by atoms with Crippen molar-refractivity contribution in [2.24, 2.45) is 11.8 Å². The summed E-state index contributed by atoms with van der Waals surface area (Å²) in [5, 5.41) is 11.7. The van der Waals surface area contributed by atoms with E-state index in [1.165, 1.54) is 0 Å². The molecule has 1 heterocycles. The van der Waals surface area contributed by atoms with Crippen LogP contribution in [0.25, 0.3) is 0 Å². The number of ether oxygens (including phenoxy) is 1. The predicted molar refractivity (Wildman–Crippen MR) is 60.4 cm³/mol. The van der Waals surface area contributed by atoms with Crippen molar-refractivity contribution in [3.8, 4) is 0 Å². The van der Waals surface area contributed by atoms with Gasteiger partial charge in [0.2, 0.25) is 5.91 Å². The first-order chi connectivity index (χ1) is 8.13. The van der Waals surface area contributed by atoms with E-state index in [0.717, 1.165) is 19.3 Å².